The maximum Gasteiger partial charge on any atom is 0.416 e. The normalized spacial score (nSPS) is 16.7. The molecule has 0 rings (SSSR count). The standard InChI is InChI=1S/C8H12F6O4/c9-7(10,11)5(15)3-17-1-2-18-4-6(16)8(12,13)14/h5-6,15-16H,1-4H2. The number of aliphatic hydroxyl groups excluding tert-OH is 2. The third-order valence-electron chi connectivity index (χ3n) is 1.68. The van der Waals surface area contributed by atoms with Crippen LogP contribution in [0.25, 0.3) is 0 Å². The Bertz CT molecular complexity index is 205. The van der Waals surface area contributed by atoms with Crippen molar-refractivity contribution < 1.29 is 46.0 Å². The van der Waals surface area contributed by atoms with Crippen LogP contribution in [0.5, 0.6) is 0 Å². The van der Waals surface area contributed by atoms with Crippen molar-refractivity contribution in [2.24, 2.45) is 0 Å². The Morgan fingerprint density at radius 3 is 1.22 bits per heavy atom. The monoisotopic (exact) mass is 286 g/mol. The van der Waals surface area contributed by atoms with Gasteiger partial charge in [-0.2, -0.15) is 26.3 Å². The number of hydrogen-bond acceptors (Lipinski definition) is 4. The average molecular weight is 286 g/mol. The van der Waals surface area contributed by atoms with Gasteiger partial charge in [-0.25, -0.2) is 0 Å². The number of ether oxygens (including phenoxy) is 2. The topological polar surface area (TPSA) is 58.9 Å². The summed E-state index contributed by atoms with van der Waals surface area (Å²) in [5, 5.41) is 16.9. The molecule has 0 aliphatic heterocycles. The van der Waals surface area contributed by atoms with Crippen LogP contribution >= 0.6 is 0 Å². The van der Waals surface area contributed by atoms with E-state index in [-0.39, 0.29) is 0 Å². The smallest absolute Gasteiger partial charge is 0.382 e. The van der Waals surface area contributed by atoms with Crippen molar-refractivity contribution >= 4 is 0 Å². The molecule has 0 heterocycles. The molecule has 2 atom stereocenters. The minimum absolute atomic E-state index is 0.433. The van der Waals surface area contributed by atoms with E-state index in [1.807, 2.05) is 0 Å². The first kappa shape index (κ1) is 17.4. The highest BCUT2D eigenvalue weighted by atomic mass is 19.4. The predicted octanol–water partition coefficient (Wildman–Crippen LogP) is 0.866. The lowest BCUT2D eigenvalue weighted by Crippen LogP contribution is -2.34. The fourth-order valence-electron chi connectivity index (χ4n) is 0.697. The van der Waals surface area contributed by atoms with Gasteiger partial charge in [0.05, 0.1) is 26.4 Å². The van der Waals surface area contributed by atoms with Gasteiger partial charge in [-0.3, -0.25) is 0 Å². The van der Waals surface area contributed by atoms with Crippen LogP contribution in [0.15, 0.2) is 0 Å². The number of aliphatic hydroxyl groups is 2. The third kappa shape index (κ3) is 7.69. The maximum atomic E-state index is 11.7. The molecule has 0 saturated carbocycles. The number of halogens is 6. The first-order chi connectivity index (χ1) is 8.05. The van der Waals surface area contributed by atoms with Crippen molar-refractivity contribution in [2.45, 2.75) is 24.6 Å². The van der Waals surface area contributed by atoms with Gasteiger partial charge in [0, 0.05) is 0 Å². The zero-order valence-corrected chi connectivity index (χ0v) is 8.96. The Kier molecular flexibility index (Phi) is 6.89. The van der Waals surface area contributed by atoms with Gasteiger partial charge in [0.15, 0.2) is 12.2 Å². The van der Waals surface area contributed by atoms with Crippen LogP contribution in [0.2, 0.25) is 0 Å². The largest absolute Gasteiger partial charge is 0.416 e. The summed E-state index contributed by atoms with van der Waals surface area (Å²) in [5.74, 6) is 0. The van der Waals surface area contributed by atoms with E-state index >= 15 is 0 Å². The minimum atomic E-state index is -4.81. The Balaban J connectivity index is 3.53. The van der Waals surface area contributed by atoms with E-state index in [1.165, 1.54) is 0 Å². The van der Waals surface area contributed by atoms with Crippen molar-refractivity contribution in [3.05, 3.63) is 0 Å². The molecule has 0 spiro atoms. The fraction of sp³-hybridized carbons (Fsp3) is 1.00. The predicted molar refractivity (Wildman–Crippen MR) is 45.8 cm³/mol. The zero-order valence-electron chi connectivity index (χ0n) is 8.96. The second kappa shape index (κ2) is 7.12. The van der Waals surface area contributed by atoms with E-state index in [1.54, 1.807) is 0 Å². The molecule has 0 aromatic heterocycles. The molecule has 0 aromatic rings. The summed E-state index contributed by atoms with van der Waals surface area (Å²) in [5.41, 5.74) is 0. The van der Waals surface area contributed by atoms with E-state index in [4.69, 9.17) is 10.2 Å². The van der Waals surface area contributed by atoms with Crippen molar-refractivity contribution in [3.8, 4) is 0 Å². The summed E-state index contributed by atoms with van der Waals surface area (Å²) in [7, 11) is 0. The molecule has 0 aliphatic rings. The van der Waals surface area contributed by atoms with Crippen molar-refractivity contribution in [2.75, 3.05) is 26.4 Å². The number of hydrogen-bond donors (Lipinski definition) is 2. The Hall–Kier alpha value is -0.580. The lowest BCUT2D eigenvalue weighted by atomic mass is 10.4. The first-order valence-electron chi connectivity index (χ1n) is 4.70. The van der Waals surface area contributed by atoms with Crippen LogP contribution in [-0.2, 0) is 9.47 Å². The highest BCUT2D eigenvalue weighted by Crippen LogP contribution is 2.20. The first-order valence-corrected chi connectivity index (χ1v) is 4.70. The van der Waals surface area contributed by atoms with Gasteiger partial charge in [-0.15, -0.1) is 0 Å². The molecule has 0 amide bonds. The van der Waals surface area contributed by atoms with Crippen LogP contribution in [0, 0.1) is 0 Å². The van der Waals surface area contributed by atoms with E-state index in [2.05, 4.69) is 9.47 Å². The molecule has 10 heteroatoms. The maximum absolute atomic E-state index is 11.7. The van der Waals surface area contributed by atoms with Gasteiger partial charge in [-0.1, -0.05) is 0 Å². The Morgan fingerprint density at radius 1 is 0.722 bits per heavy atom. The molecular formula is C8H12F6O4. The zero-order chi connectivity index (χ0) is 14.4. The molecule has 0 fully saturated rings. The van der Waals surface area contributed by atoms with Crippen molar-refractivity contribution in [1.82, 2.24) is 0 Å². The molecule has 0 aliphatic carbocycles. The molecule has 0 bridgehead atoms. The molecular weight excluding hydrogens is 274 g/mol. The molecule has 0 saturated heterocycles. The molecule has 0 aromatic carbocycles. The Morgan fingerprint density at radius 2 is 1.00 bits per heavy atom. The van der Waals surface area contributed by atoms with E-state index in [9.17, 15) is 26.3 Å². The SMILES string of the molecule is OC(COCCOCC(O)C(F)(F)F)C(F)(F)F. The van der Waals surface area contributed by atoms with E-state index < -0.39 is 51.0 Å². The van der Waals surface area contributed by atoms with Gasteiger partial charge in [0.1, 0.15) is 0 Å². The summed E-state index contributed by atoms with van der Waals surface area (Å²) in [6, 6.07) is 0. The number of alkyl halides is 6. The van der Waals surface area contributed by atoms with Gasteiger partial charge in [0.25, 0.3) is 0 Å². The van der Waals surface area contributed by atoms with Crippen molar-refractivity contribution in [3.63, 3.8) is 0 Å². The minimum Gasteiger partial charge on any atom is -0.382 e. The van der Waals surface area contributed by atoms with Crippen LogP contribution in [0.1, 0.15) is 0 Å². The molecule has 0 radical (unpaired) electrons. The quantitative estimate of drug-likeness (QED) is 0.538. The summed E-state index contributed by atoms with van der Waals surface area (Å²) in [4.78, 5) is 0. The molecule has 110 valence electrons. The van der Waals surface area contributed by atoms with Crippen LogP contribution in [0.3, 0.4) is 0 Å². The molecule has 18 heavy (non-hydrogen) atoms. The third-order valence-corrected chi connectivity index (χ3v) is 1.68. The summed E-state index contributed by atoms with van der Waals surface area (Å²) < 4.78 is 79.1. The fourth-order valence-corrected chi connectivity index (χ4v) is 0.697. The average Bonchev–Trinajstić information content (AvgIpc) is 2.19. The van der Waals surface area contributed by atoms with Gasteiger partial charge in [0.2, 0.25) is 0 Å². The van der Waals surface area contributed by atoms with E-state index in [0.29, 0.717) is 0 Å². The Labute approximate surface area is 98.1 Å². The molecule has 2 unspecified atom stereocenters. The van der Waals surface area contributed by atoms with Gasteiger partial charge in [-0.05, 0) is 0 Å². The second-order valence-electron chi connectivity index (χ2n) is 3.26. The van der Waals surface area contributed by atoms with Gasteiger partial charge >= 0.3 is 12.4 Å². The summed E-state index contributed by atoms with van der Waals surface area (Å²) in [6.07, 6.45) is -14.9. The lowest BCUT2D eigenvalue weighted by Gasteiger charge is -2.16. The summed E-state index contributed by atoms with van der Waals surface area (Å²) >= 11 is 0. The highest BCUT2D eigenvalue weighted by molar-refractivity contribution is 4.64. The van der Waals surface area contributed by atoms with Crippen molar-refractivity contribution in [1.29, 1.82) is 0 Å². The number of rotatable bonds is 7. The van der Waals surface area contributed by atoms with Gasteiger partial charge < -0.3 is 19.7 Å². The lowest BCUT2D eigenvalue weighted by molar-refractivity contribution is -0.223. The molecule has 4 nitrogen and oxygen atoms in total. The second-order valence-corrected chi connectivity index (χ2v) is 3.26. The van der Waals surface area contributed by atoms with Crippen LogP contribution in [0.4, 0.5) is 26.3 Å². The highest BCUT2D eigenvalue weighted by Gasteiger charge is 2.39. The van der Waals surface area contributed by atoms with E-state index in [0.717, 1.165) is 0 Å². The van der Waals surface area contributed by atoms with Crippen LogP contribution < -0.4 is 0 Å². The van der Waals surface area contributed by atoms with Crippen LogP contribution in [-0.4, -0.2) is 61.2 Å². The summed E-state index contributed by atoms with van der Waals surface area (Å²) in [6.45, 7) is -2.93. The molecule has 2 N–H and O–H groups in total.